The predicted octanol–water partition coefficient (Wildman–Crippen LogP) is 5.89. The molecule has 0 saturated carbocycles. The number of anilines is 1. The quantitative estimate of drug-likeness (QED) is 0.376. The van der Waals surface area contributed by atoms with Gasteiger partial charge in [-0.2, -0.15) is 0 Å². The fourth-order valence-corrected chi connectivity index (χ4v) is 5.79. The van der Waals surface area contributed by atoms with Crippen LogP contribution in [0.15, 0.2) is 54.6 Å². The molecule has 6 heteroatoms. The minimum atomic E-state index is -0.482. The molecule has 2 aromatic carbocycles. The maximum absolute atomic E-state index is 13.5. The lowest BCUT2D eigenvalue weighted by molar-refractivity contribution is 0.100. The van der Waals surface area contributed by atoms with Crippen molar-refractivity contribution in [2.45, 2.75) is 39.0 Å². The fourth-order valence-electron chi connectivity index (χ4n) is 4.50. The van der Waals surface area contributed by atoms with E-state index in [1.807, 2.05) is 61.5 Å². The number of aromatic nitrogens is 1. The van der Waals surface area contributed by atoms with Gasteiger partial charge in [-0.05, 0) is 50.3 Å². The van der Waals surface area contributed by atoms with Crippen molar-refractivity contribution >= 4 is 39.1 Å². The molecule has 1 aliphatic carbocycles. The number of benzene rings is 2. The van der Waals surface area contributed by atoms with Gasteiger partial charge in [0, 0.05) is 15.8 Å². The predicted molar refractivity (Wildman–Crippen MR) is 134 cm³/mol. The smallest absolute Gasteiger partial charge is 0.257 e. The van der Waals surface area contributed by atoms with Crippen LogP contribution in [0.3, 0.4) is 0 Å². The molecule has 166 valence electrons. The van der Waals surface area contributed by atoms with Gasteiger partial charge in [0.1, 0.15) is 5.00 Å². The average Bonchev–Trinajstić information content (AvgIpc) is 2.99. The SMILES string of the molecule is Cc1ccc(-c2cc(C(=O)Nc3sc4c(c3C(N)=O)CCCCC4)c3ccccc3n2)cc1. The van der Waals surface area contributed by atoms with Gasteiger partial charge >= 0.3 is 0 Å². The van der Waals surface area contributed by atoms with E-state index in [0.29, 0.717) is 16.1 Å². The Kier molecular flexibility index (Phi) is 5.68. The summed E-state index contributed by atoms with van der Waals surface area (Å²) in [6, 6.07) is 17.5. The fraction of sp³-hybridized carbons (Fsp3) is 0.222. The number of carbonyl (C=O) groups is 2. The lowest BCUT2D eigenvalue weighted by atomic mass is 10.0. The van der Waals surface area contributed by atoms with E-state index in [0.717, 1.165) is 70.3 Å². The summed E-state index contributed by atoms with van der Waals surface area (Å²) < 4.78 is 0. The number of primary amides is 1. The van der Waals surface area contributed by atoms with Gasteiger partial charge in [0.2, 0.25) is 0 Å². The van der Waals surface area contributed by atoms with Crippen molar-refractivity contribution in [3.63, 3.8) is 0 Å². The topological polar surface area (TPSA) is 85.1 Å². The number of nitrogens with zero attached hydrogens (tertiary/aromatic N) is 1. The molecule has 5 rings (SSSR count). The first-order chi connectivity index (χ1) is 16.0. The summed E-state index contributed by atoms with van der Waals surface area (Å²) in [4.78, 5) is 31.8. The number of aryl methyl sites for hydroxylation is 2. The molecule has 0 aliphatic heterocycles. The van der Waals surface area contributed by atoms with E-state index in [-0.39, 0.29) is 5.91 Å². The number of hydrogen-bond acceptors (Lipinski definition) is 4. The molecule has 0 fully saturated rings. The van der Waals surface area contributed by atoms with Crippen LogP contribution in [-0.2, 0) is 12.8 Å². The summed E-state index contributed by atoms with van der Waals surface area (Å²) in [6.45, 7) is 2.04. The maximum atomic E-state index is 13.5. The zero-order valence-electron chi connectivity index (χ0n) is 18.5. The molecular weight excluding hydrogens is 430 g/mol. The Morgan fingerprint density at radius 2 is 1.76 bits per heavy atom. The van der Waals surface area contributed by atoms with Crippen molar-refractivity contribution in [1.29, 1.82) is 0 Å². The van der Waals surface area contributed by atoms with Gasteiger partial charge in [0.05, 0.1) is 22.3 Å². The molecule has 4 aromatic rings. The normalized spacial score (nSPS) is 13.4. The molecule has 2 aromatic heterocycles. The summed E-state index contributed by atoms with van der Waals surface area (Å²) >= 11 is 1.49. The molecule has 1 aliphatic rings. The molecule has 0 spiro atoms. The Morgan fingerprint density at radius 3 is 2.55 bits per heavy atom. The first-order valence-electron chi connectivity index (χ1n) is 11.2. The first-order valence-corrected chi connectivity index (χ1v) is 12.1. The van der Waals surface area contributed by atoms with Crippen molar-refractivity contribution in [2.24, 2.45) is 5.73 Å². The van der Waals surface area contributed by atoms with E-state index < -0.39 is 5.91 Å². The van der Waals surface area contributed by atoms with Crippen LogP contribution in [0.25, 0.3) is 22.2 Å². The standard InChI is InChI=1S/C27H25N3O2S/c1-16-11-13-17(14-12-16)22-15-20(18-7-5-6-9-21(18)29-22)26(32)30-27-24(25(28)31)19-8-3-2-4-10-23(19)33-27/h5-7,9,11-15H,2-4,8,10H2,1H3,(H2,28,31)(H,30,32). The zero-order chi connectivity index (χ0) is 22.9. The van der Waals surface area contributed by atoms with Gasteiger partial charge in [-0.3, -0.25) is 9.59 Å². The first kappa shape index (κ1) is 21.3. The highest BCUT2D eigenvalue weighted by Gasteiger charge is 2.25. The number of pyridine rings is 1. The number of hydrogen-bond donors (Lipinski definition) is 2. The van der Waals surface area contributed by atoms with E-state index in [9.17, 15) is 9.59 Å². The number of carbonyl (C=O) groups excluding carboxylic acids is 2. The Morgan fingerprint density at radius 1 is 1.00 bits per heavy atom. The van der Waals surface area contributed by atoms with Crippen LogP contribution >= 0.6 is 11.3 Å². The van der Waals surface area contributed by atoms with Crippen LogP contribution in [0.5, 0.6) is 0 Å². The van der Waals surface area contributed by atoms with Crippen molar-refractivity contribution in [2.75, 3.05) is 5.32 Å². The van der Waals surface area contributed by atoms with E-state index in [1.54, 1.807) is 0 Å². The molecule has 0 unspecified atom stereocenters. The minimum Gasteiger partial charge on any atom is -0.365 e. The zero-order valence-corrected chi connectivity index (χ0v) is 19.3. The summed E-state index contributed by atoms with van der Waals surface area (Å²) in [5, 5.41) is 4.34. The highest BCUT2D eigenvalue weighted by atomic mass is 32.1. The van der Waals surface area contributed by atoms with Gasteiger partial charge in [0.15, 0.2) is 0 Å². The van der Waals surface area contributed by atoms with Crippen LogP contribution in [0.1, 0.15) is 56.0 Å². The average molecular weight is 456 g/mol. The Balaban J connectivity index is 1.58. The monoisotopic (exact) mass is 455 g/mol. The summed E-state index contributed by atoms with van der Waals surface area (Å²) in [6.07, 6.45) is 5.02. The number of thiophene rings is 1. The lowest BCUT2D eigenvalue weighted by Gasteiger charge is -2.11. The largest absolute Gasteiger partial charge is 0.365 e. The van der Waals surface area contributed by atoms with Crippen LogP contribution in [0.2, 0.25) is 0 Å². The van der Waals surface area contributed by atoms with E-state index in [1.165, 1.54) is 11.3 Å². The molecule has 5 nitrogen and oxygen atoms in total. The van der Waals surface area contributed by atoms with Crippen molar-refractivity contribution in [3.05, 3.63) is 81.7 Å². The summed E-state index contributed by atoms with van der Waals surface area (Å²) in [5.41, 5.74) is 11.4. The van der Waals surface area contributed by atoms with Gasteiger partial charge in [-0.25, -0.2) is 4.98 Å². The third kappa shape index (κ3) is 4.14. The molecular formula is C27H25N3O2S. The molecule has 33 heavy (non-hydrogen) atoms. The molecule has 0 saturated heterocycles. The third-order valence-corrected chi connectivity index (χ3v) is 7.41. The van der Waals surface area contributed by atoms with Gasteiger partial charge in [-0.1, -0.05) is 54.4 Å². The summed E-state index contributed by atoms with van der Waals surface area (Å²) in [7, 11) is 0. The number of nitrogens with two attached hydrogens (primary N) is 1. The van der Waals surface area contributed by atoms with Crippen LogP contribution < -0.4 is 11.1 Å². The molecule has 2 heterocycles. The Labute approximate surface area is 196 Å². The summed E-state index contributed by atoms with van der Waals surface area (Å²) in [5.74, 6) is -0.745. The van der Waals surface area contributed by atoms with Gasteiger partial charge in [0.25, 0.3) is 11.8 Å². The van der Waals surface area contributed by atoms with E-state index >= 15 is 0 Å². The van der Waals surface area contributed by atoms with Crippen molar-refractivity contribution in [1.82, 2.24) is 4.98 Å². The number of rotatable bonds is 4. The highest BCUT2D eigenvalue weighted by Crippen LogP contribution is 2.38. The second-order valence-electron chi connectivity index (χ2n) is 8.53. The number of para-hydroxylation sites is 1. The van der Waals surface area contributed by atoms with Crippen LogP contribution in [0.4, 0.5) is 5.00 Å². The van der Waals surface area contributed by atoms with Gasteiger partial charge in [-0.15, -0.1) is 11.3 Å². The van der Waals surface area contributed by atoms with Crippen LogP contribution in [0, 0.1) is 6.92 Å². The molecule has 0 atom stereocenters. The van der Waals surface area contributed by atoms with Gasteiger partial charge < -0.3 is 11.1 Å². The molecule has 3 N–H and O–H groups in total. The second kappa shape index (κ2) is 8.79. The van der Waals surface area contributed by atoms with E-state index in [2.05, 4.69) is 5.32 Å². The second-order valence-corrected chi connectivity index (χ2v) is 9.63. The Hall–Kier alpha value is -3.51. The van der Waals surface area contributed by atoms with Crippen LogP contribution in [-0.4, -0.2) is 16.8 Å². The number of nitrogens with one attached hydrogen (secondary N) is 1. The molecule has 0 radical (unpaired) electrons. The maximum Gasteiger partial charge on any atom is 0.257 e. The van der Waals surface area contributed by atoms with E-state index in [4.69, 9.17) is 10.7 Å². The number of fused-ring (bicyclic) bond motifs is 2. The highest BCUT2D eigenvalue weighted by molar-refractivity contribution is 7.17. The van der Waals surface area contributed by atoms with Crippen molar-refractivity contribution < 1.29 is 9.59 Å². The Bertz CT molecular complexity index is 1370. The van der Waals surface area contributed by atoms with Crippen molar-refractivity contribution in [3.8, 4) is 11.3 Å². The lowest BCUT2D eigenvalue weighted by Crippen LogP contribution is -2.18. The minimum absolute atomic E-state index is 0.263. The molecule has 2 amide bonds. The molecule has 0 bridgehead atoms. The third-order valence-electron chi connectivity index (χ3n) is 6.20. The number of amides is 2.